The van der Waals surface area contributed by atoms with Crippen LogP contribution in [-0.4, -0.2) is 52.7 Å². The van der Waals surface area contributed by atoms with Crippen molar-refractivity contribution in [2.45, 2.75) is 6.10 Å². The highest BCUT2D eigenvalue weighted by atomic mass is 16.5. The first-order valence-electron chi connectivity index (χ1n) is 6.26. The van der Waals surface area contributed by atoms with Crippen molar-refractivity contribution >= 4 is 18.0 Å². The summed E-state index contributed by atoms with van der Waals surface area (Å²) in [6.45, 7) is 0.937. The molecule has 2 rings (SSSR count). The Kier molecular flexibility index (Phi) is 4.64. The number of ether oxygens (including phenoxy) is 1. The molecular formula is C14H13N3O4. The molecule has 1 saturated heterocycles. The highest BCUT2D eigenvalue weighted by Crippen LogP contribution is 2.12. The number of aliphatic carboxylic acids is 1. The second kappa shape index (κ2) is 6.63. The molecule has 1 unspecified atom stereocenters. The van der Waals surface area contributed by atoms with Crippen LogP contribution in [0.5, 0.6) is 0 Å². The van der Waals surface area contributed by atoms with Gasteiger partial charge in [-0.05, 0) is 17.7 Å². The lowest BCUT2D eigenvalue weighted by molar-refractivity contribution is -0.131. The molecular weight excluding hydrogens is 274 g/mol. The van der Waals surface area contributed by atoms with Gasteiger partial charge in [-0.3, -0.25) is 9.78 Å². The molecule has 7 nitrogen and oxygen atoms in total. The third-order valence-electron chi connectivity index (χ3n) is 2.92. The summed E-state index contributed by atoms with van der Waals surface area (Å²) in [5, 5.41) is 17.4. The van der Waals surface area contributed by atoms with Crippen LogP contribution in [0.15, 0.2) is 24.5 Å². The lowest BCUT2D eigenvalue weighted by Gasteiger charge is -2.29. The minimum atomic E-state index is -1.07. The Hall–Kier alpha value is -2.72. The quantitative estimate of drug-likeness (QED) is 0.814. The van der Waals surface area contributed by atoms with Gasteiger partial charge in [0.05, 0.1) is 24.8 Å². The van der Waals surface area contributed by atoms with Crippen LogP contribution >= 0.6 is 0 Å². The summed E-state index contributed by atoms with van der Waals surface area (Å²) in [5.74, 6) is -1.33. The van der Waals surface area contributed by atoms with E-state index in [2.05, 4.69) is 4.98 Å². The van der Waals surface area contributed by atoms with E-state index >= 15 is 0 Å². The Labute approximate surface area is 121 Å². The molecule has 0 bridgehead atoms. The van der Waals surface area contributed by atoms with E-state index in [4.69, 9.17) is 15.1 Å². The molecule has 108 valence electrons. The summed E-state index contributed by atoms with van der Waals surface area (Å²) < 4.78 is 5.18. The van der Waals surface area contributed by atoms with Gasteiger partial charge in [0.1, 0.15) is 0 Å². The topological polar surface area (TPSA) is 104 Å². The number of hydrogen-bond acceptors (Lipinski definition) is 5. The zero-order valence-electron chi connectivity index (χ0n) is 11.1. The fourth-order valence-electron chi connectivity index (χ4n) is 1.93. The molecule has 21 heavy (non-hydrogen) atoms. The minimum Gasteiger partial charge on any atom is -0.478 e. The van der Waals surface area contributed by atoms with Crippen molar-refractivity contribution in [2.24, 2.45) is 0 Å². The van der Waals surface area contributed by atoms with Crippen LogP contribution in [0.4, 0.5) is 0 Å². The predicted octanol–water partition coefficient (Wildman–Crippen LogP) is 0.544. The lowest BCUT2D eigenvalue weighted by Crippen LogP contribution is -2.45. The van der Waals surface area contributed by atoms with Gasteiger partial charge in [0.25, 0.3) is 5.91 Å². The number of morpholine rings is 1. The second-order valence-corrected chi connectivity index (χ2v) is 4.42. The highest BCUT2D eigenvalue weighted by Gasteiger charge is 2.24. The number of carbonyl (C=O) groups excluding carboxylic acids is 1. The number of carboxylic acid groups (broad SMARTS) is 1. The van der Waals surface area contributed by atoms with E-state index in [1.54, 1.807) is 6.07 Å². The van der Waals surface area contributed by atoms with Gasteiger partial charge in [0, 0.05) is 25.0 Å². The summed E-state index contributed by atoms with van der Waals surface area (Å²) in [6, 6.07) is 3.54. The van der Waals surface area contributed by atoms with E-state index in [-0.39, 0.29) is 12.5 Å². The zero-order chi connectivity index (χ0) is 15.2. The summed E-state index contributed by atoms with van der Waals surface area (Å²) in [6.07, 6.45) is 4.60. The number of carboxylic acids is 1. The van der Waals surface area contributed by atoms with E-state index < -0.39 is 12.1 Å². The fourth-order valence-corrected chi connectivity index (χ4v) is 1.93. The number of carbonyl (C=O) groups is 2. The van der Waals surface area contributed by atoms with Crippen LogP contribution in [0.1, 0.15) is 15.9 Å². The molecule has 0 saturated carbocycles. The molecule has 1 atom stereocenters. The Morgan fingerprint density at radius 1 is 1.52 bits per heavy atom. The Morgan fingerprint density at radius 3 is 3.05 bits per heavy atom. The molecule has 1 aliphatic rings. The first kappa shape index (κ1) is 14.7. The molecule has 1 amide bonds. The normalized spacial score (nSPS) is 18.4. The van der Waals surface area contributed by atoms with Crippen molar-refractivity contribution < 1.29 is 19.4 Å². The second-order valence-electron chi connectivity index (χ2n) is 4.42. The molecule has 1 aliphatic heterocycles. The molecule has 0 radical (unpaired) electrons. The molecule has 1 aromatic rings. The van der Waals surface area contributed by atoms with Gasteiger partial charge in [-0.25, -0.2) is 4.79 Å². The Bertz CT molecular complexity index is 621. The molecule has 2 heterocycles. The summed E-state index contributed by atoms with van der Waals surface area (Å²) in [4.78, 5) is 28.3. The van der Waals surface area contributed by atoms with Crippen LogP contribution in [0.25, 0.3) is 6.08 Å². The van der Waals surface area contributed by atoms with E-state index in [9.17, 15) is 9.59 Å². The standard InChI is InChI=1S/C14H13N3O4/c15-6-12-9-17(3-4-21-12)14(20)11-5-10(7-16-8-11)1-2-13(18)19/h1-2,5,7-8,12H,3-4,9H2,(H,18,19). The first-order chi connectivity index (χ1) is 10.1. The van der Waals surface area contributed by atoms with Crippen molar-refractivity contribution in [3.05, 3.63) is 35.7 Å². The number of pyridine rings is 1. The molecule has 1 fully saturated rings. The van der Waals surface area contributed by atoms with Gasteiger partial charge >= 0.3 is 5.97 Å². The number of aromatic nitrogens is 1. The molecule has 7 heteroatoms. The fraction of sp³-hybridized carbons (Fsp3) is 0.286. The third kappa shape index (κ3) is 3.87. The monoisotopic (exact) mass is 287 g/mol. The van der Waals surface area contributed by atoms with Crippen molar-refractivity contribution in [2.75, 3.05) is 19.7 Å². The van der Waals surface area contributed by atoms with E-state index in [1.807, 2.05) is 6.07 Å². The maximum atomic E-state index is 12.3. The molecule has 1 N–H and O–H groups in total. The van der Waals surface area contributed by atoms with E-state index in [0.717, 1.165) is 6.08 Å². The van der Waals surface area contributed by atoms with Crippen LogP contribution in [0.3, 0.4) is 0 Å². The van der Waals surface area contributed by atoms with E-state index in [1.165, 1.54) is 23.4 Å². The minimum absolute atomic E-state index is 0.213. The highest BCUT2D eigenvalue weighted by molar-refractivity contribution is 5.95. The van der Waals surface area contributed by atoms with Gasteiger partial charge in [0.15, 0.2) is 6.10 Å². The van der Waals surface area contributed by atoms with Crippen molar-refractivity contribution in [3.8, 4) is 6.07 Å². The summed E-state index contributed by atoms with van der Waals surface area (Å²) >= 11 is 0. The van der Waals surface area contributed by atoms with Crippen LogP contribution in [0, 0.1) is 11.3 Å². The van der Waals surface area contributed by atoms with Crippen molar-refractivity contribution in [1.29, 1.82) is 5.26 Å². The van der Waals surface area contributed by atoms with Crippen LogP contribution < -0.4 is 0 Å². The third-order valence-corrected chi connectivity index (χ3v) is 2.92. The lowest BCUT2D eigenvalue weighted by atomic mass is 10.1. The number of hydrogen-bond donors (Lipinski definition) is 1. The van der Waals surface area contributed by atoms with Crippen LogP contribution in [-0.2, 0) is 9.53 Å². The van der Waals surface area contributed by atoms with Gasteiger partial charge < -0.3 is 14.7 Å². The van der Waals surface area contributed by atoms with Crippen molar-refractivity contribution in [3.63, 3.8) is 0 Å². The largest absolute Gasteiger partial charge is 0.478 e. The summed E-state index contributed by atoms with van der Waals surface area (Å²) in [5.41, 5.74) is 0.870. The predicted molar refractivity (Wildman–Crippen MR) is 72.2 cm³/mol. The first-order valence-corrected chi connectivity index (χ1v) is 6.26. The molecule has 0 spiro atoms. The average Bonchev–Trinajstić information content (AvgIpc) is 2.52. The molecule has 0 aliphatic carbocycles. The Morgan fingerprint density at radius 2 is 2.33 bits per heavy atom. The average molecular weight is 287 g/mol. The van der Waals surface area contributed by atoms with Crippen LogP contribution in [0.2, 0.25) is 0 Å². The molecule has 0 aromatic carbocycles. The van der Waals surface area contributed by atoms with Crippen molar-refractivity contribution in [1.82, 2.24) is 9.88 Å². The smallest absolute Gasteiger partial charge is 0.328 e. The zero-order valence-corrected chi connectivity index (χ0v) is 11.1. The van der Waals surface area contributed by atoms with Gasteiger partial charge in [-0.2, -0.15) is 5.26 Å². The Balaban J connectivity index is 2.14. The maximum Gasteiger partial charge on any atom is 0.328 e. The molecule has 1 aromatic heterocycles. The maximum absolute atomic E-state index is 12.3. The number of amides is 1. The van der Waals surface area contributed by atoms with Gasteiger partial charge in [0.2, 0.25) is 0 Å². The number of nitriles is 1. The SMILES string of the molecule is N#CC1CN(C(=O)c2cncc(C=CC(=O)O)c2)CCO1. The number of rotatable bonds is 3. The van der Waals surface area contributed by atoms with Gasteiger partial charge in [-0.15, -0.1) is 0 Å². The van der Waals surface area contributed by atoms with Gasteiger partial charge in [-0.1, -0.05) is 0 Å². The summed E-state index contributed by atoms with van der Waals surface area (Å²) in [7, 11) is 0. The van der Waals surface area contributed by atoms with E-state index in [0.29, 0.717) is 24.3 Å². The number of nitrogens with zero attached hydrogens (tertiary/aromatic N) is 3.